The predicted molar refractivity (Wildman–Crippen MR) is 46.8 cm³/mol. The van der Waals surface area contributed by atoms with E-state index in [0.29, 0.717) is 24.3 Å². The summed E-state index contributed by atoms with van der Waals surface area (Å²) in [7, 11) is 0. The molecule has 1 aliphatic rings. The van der Waals surface area contributed by atoms with Crippen molar-refractivity contribution in [1.29, 1.82) is 0 Å². The van der Waals surface area contributed by atoms with Crippen LogP contribution in [0.2, 0.25) is 0 Å². The van der Waals surface area contributed by atoms with E-state index in [9.17, 15) is 9.59 Å². The molecule has 0 aliphatic carbocycles. The predicted octanol–water partition coefficient (Wildman–Crippen LogP) is -0.679. The van der Waals surface area contributed by atoms with Gasteiger partial charge in [0.1, 0.15) is 5.82 Å². The number of allylic oxidation sites excluding steroid dienone is 3. The fourth-order valence-corrected chi connectivity index (χ4v) is 0.862. The maximum absolute atomic E-state index is 10.2. The van der Waals surface area contributed by atoms with E-state index in [0.717, 1.165) is 0 Å². The van der Waals surface area contributed by atoms with E-state index in [1.807, 2.05) is 0 Å². The highest BCUT2D eigenvalue weighted by Gasteiger charge is 2.02. The molecule has 0 saturated heterocycles. The molecule has 0 radical (unpaired) electrons. The molecule has 0 unspecified atom stereocenters. The topological polar surface area (TPSA) is 70.2 Å². The highest BCUT2D eigenvalue weighted by atomic mass is 16.1. The quantitative estimate of drug-likeness (QED) is 0.501. The number of carbonyl (C=O) groups excluding carboxylic acids is 2. The normalized spacial score (nSPS) is 14.5. The lowest BCUT2D eigenvalue weighted by molar-refractivity contribution is -0.110. The largest absolute Gasteiger partial charge is 0.346 e. The lowest BCUT2D eigenvalue weighted by Gasteiger charge is -2.08. The zero-order valence-electron chi connectivity index (χ0n) is 6.78. The van der Waals surface area contributed by atoms with Crippen LogP contribution < -0.4 is 16.0 Å². The summed E-state index contributed by atoms with van der Waals surface area (Å²) < 4.78 is 0. The first-order chi connectivity index (χ1) is 6.38. The summed E-state index contributed by atoms with van der Waals surface area (Å²) in [6.45, 7) is 0. The molecule has 68 valence electrons. The summed E-state index contributed by atoms with van der Waals surface area (Å²) >= 11 is 0. The number of hydrogen-bond donors (Lipinski definition) is 3. The minimum absolute atomic E-state index is 0.437. The third kappa shape index (κ3) is 2.48. The van der Waals surface area contributed by atoms with E-state index < -0.39 is 0 Å². The minimum atomic E-state index is 0.437. The van der Waals surface area contributed by atoms with Crippen LogP contribution in [0.4, 0.5) is 0 Å². The monoisotopic (exact) mass is 179 g/mol. The second kappa shape index (κ2) is 4.76. The van der Waals surface area contributed by atoms with Gasteiger partial charge in [-0.25, -0.2) is 0 Å². The zero-order valence-corrected chi connectivity index (χ0v) is 6.78. The maximum atomic E-state index is 10.2. The first kappa shape index (κ1) is 9.05. The molecule has 0 aromatic carbocycles. The van der Waals surface area contributed by atoms with E-state index in [2.05, 4.69) is 16.0 Å². The second-order valence-corrected chi connectivity index (χ2v) is 2.18. The van der Waals surface area contributed by atoms with Gasteiger partial charge in [-0.2, -0.15) is 0 Å². The summed E-state index contributed by atoms with van der Waals surface area (Å²) in [6.07, 6.45) is 7.85. The molecule has 2 amide bonds. The van der Waals surface area contributed by atoms with E-state index in [-0.39, 0.29) is 0 Å². The first-order valence-corrected chi connectivity index (χ1v) is 3.63. The van der Waals surface area contributed by atoms with Crippen LogP contribution in [0.5, 0.6) is 0 Å². The fraction of sp³-hybridized carbons (Fsp3) is 0. The van der Waals surface area contributed by atoms with Crippen LogP contribution in [-0.4, -0.2) is 12.8 Å². The first-order valence-electron chi connectivity index (χ1n) is 3.63. The second-order valence-electron chi connectivity index (χ2n) is 2.18. The molecule has 0 bridgehead atoms. The Morgan fingerprint density at radius 2 is 1.92 bits per heavy atom. The SMILES string of the molecule is O=CNC1=C(NC=O)NC=CC=C1. The molecule has 0 aromatic heterocycles. The average Bonchev–Trinajstić information content (AvgIpc) is 2.33. The number of carbonyl (C=O) groups is 2. The molecule has 3 N–H and O–H groups in total. The Morgan fingerprint density at radius 1 is 1.15 bits per heavy atom. The summed E-state index contributed by atoms with van der Waals surface area (Å²) in [5, 5.41) is 7.66. The smallest absolute Gasteiger partial charge is 0.212 e. The van der Waals surface area contributed by atoms with Crippen LogP contribution in [0.25, 0.3) is 0 Å². The Morgan fingerprint density at radius 3 is 2.62 bits per heavy atom. The minimum Gasteiger partial charge on any atom is -0.346 e. The van der Waals surface area contributed by atoms with Crippen LogP contribution in [0.15, 0.2) is 35.9 Å². The summed E-state index contributed by atoms with van der Waals surface area (Å²) in [5.74, 6) is 0.437. The van der Waals surface area contributed by atoms with Crippen molar-refractivity contribution in [2.75, 3.05) is 0 Å². The Labute approximate surface area is 75.2 Å². The zero-order chi connectivity index (χ0) is 9.52. The number of amides is 2. The van der Waals surface area contributed by atoms with Crippen molar-refractivity contribution in [3.8, 4) is 0 Å². The van der Waals surface area contributed by atoms with Crippen LogP contribution in [0.3, 0.4) is 0 Å². The molecule has 5 nitrogen and oxygen atoms in total. The molecule has 13 heavy (non-hydrogen) atoms. The maximum Gasteiger partial charge on any atom is 0.212 e. The molecular formula is C8H9N3O2. The van der Waals surface area contributed by atoms with Crippen molar-refractivity contribution in [3.63, 3.8) is 0 Å². The van der Waals surface area contributed by atoms with Crippen molar-refractivity contribution in [3.05, 3.63) is 35.9 Å². The summed E-state index contributed by atoms with van der Waals surface area (Å²) in [4.78, 5) is 20.4. The van der Waals surface area contributed by atoms with Gasteiger partial charge in [-0.15, -0.1) is 0 Å². The van der Waals surface area contributed by atoms with Crippen molar-refractivity contribution >= 4 is 12.8 Å². The molecule has 0 atom stereocenters. The van der Waals surface area contributed by atoms with Crippen LogP contribution >= 0.6 is 0 Å². The van der Waals surface area contributed by atoms with Gasteiger partial charge < -0.3 is 16.0 Å². The van der Waals surface area contributed by atoms with Gasteiger partial charge in [0.15, 0.2) is 0 Å². The Bertz CT molecular complexity index is 292. The van der Waals surface area contributed by atoms with E-state index in [1.54, 1.807) is 24.4 Å². The van der Waals surface area contributed by atoms with Crippen molar-refractivity contribution in [2.45, 2.75) is 0 Å². The van der Waals surface area contributed by atoms with Gasteiger partial charge in [0, 0.05) is 6.20 Å². The van der Waals surface area contributed by atoms with E-state index in [1.165, 1.54) is 0 Å². The van der Waals surface area contributed by atoms with Crippen molar-refractivity contribution in [1.82, 2.24) is 16.0 Å². The molecule has 0 fully saturated rings. The number of hydrogen-bond acceptors (Lipinski definition) is 3. The van der Waals surface area contributed by atoms with E-state index in [4.69, 9.17) is 0 Å². The average molecular weight is 179 g/mol. The van der Waals surface area contributed by atoms with Gasteiger partial charge in [0.05, 0.1) is 5.70 Å². The molecule has 0 spiro atoms. The third-order valence-corrected chi connectivity index (χ3v) is 1.38. The van der Waals surface area contributed by atoms with Gasteiger partial charge in [-0.1, -0.05) is 6.08 Å². The standard InChI is InChI=1S/C8H9N3O2/c12-5-10-7-3-1-2-4-9-8(7)11-6-13/h1-6,9H,(H,10,12)(H,11,13). The fourth-order valence-electron chi connectivity index (χ4n) is 0.862. The van der Waals surface area contributed by atoms with Gasteiger partial charge in [-0.05, 0) is 12.2 Å². The summed E-state index contributed by atoms with van der Waals surface area (Å²) in [6, 6.07) is 0. The number of rotatable bonds is 4. The van der Waals surface area contributed by atoms with Crippen molar-refractivity contribution < 1.29 is 9.59 Å². The Balaban J connectivity index is 2.86. The summed E-state index contributed by atoms with van der Waals surface area (Å²) in [5.41, 5.74) is 0.507. The van der Waals surface area contributed by atoms with Crippen LogP contribution in [0.1, 0.15) is 0 Å². The molecule has 1 heterocycles. The Hall–Kier alpha value is -2.04. The van der Waals surface area contributed by atoms with Crippen LogP contribution in [0, 0.1) is 0 Å². The lowest BCUT2D eigenvalue weighted by atomic mass is 10.4. The van der Waals surface area contributed by atoms with Gasteiger partial charge >= 0.3 is 0 Å². The molecule has 0 saturated carbocycles. The third-order valence-electron chi connectivity index (χ3n) is 1.38. The highest BCUT2D eigenvalue weighted by Crippen LogP contribution is 1.99. The molecule has 0 aromatic rings. The molecule has 1 rings (SSSR count). The van der Waals surface area contributed by atoms with Gasteiger partial charge in [-0.3, -0.25) is 9.59 Å². The van der Waals surface area contributed by atoms with Crippen LogP contribution in [-0.2, 0) is 9.59 Å². The highest BCUT2D eigenvalue weighted by molar-refractivity contribution is 5.56. The lowest BCUT2D eigenvalue weighted by Crippen LogP contribution is -2.27. The van der Waals surface area contributed by atoms with Gasteiger partial charge in [0.25, 0.3) is 0 Å². The molecule has 1 aliphatic heterocycles. The molecule has 5 heteroatoms. The number of nitrogens with one attached hydrogen (secondary N) is 3. The van der Waals surface area contributed by atoms with Crippen molar-refractivity contribution in [2.24, 2.45) is 0 Å². The van der Waals surface area contributed by atoms with Gasteiger partial charge in [0.2, 0.25) is 12.8 Å². The molecular weight excluding hydrogens is 170 g/mol. The Kier molecular flexibility index (Phi) is 3.31. The van der Waals surface area contributed by atoms with E-state index >= 15 is 0 Å².